The van der Waals surface area contributed by atoms with E-state index < -0.39 is 18.5 Å². The van der Waals surface area contributed by atoms with Crippen LogP contribution in [0.5, 0.6) is 0 Å². The topological polar surface area (TPSA) is 111 Å². The van der Waals surface area contributed by atoms with Crippen molar-refractivity contribution in [3.63, 3.8) is 0 Å². The Morgan fingerprint density at radius 1 is 1.32 bits per heavy atom. The van der Waals surface area contributed by atoms with E-state index in [1.54, 1.807) is 12.1 Å². The third-order valence-electron chi connectivity index (χ3n) is 3.33. The lowest BCUT2D eigenvalue weighted by atomic mass is 10.2. The number of carbonyl (C=O) groups is 2. The Bertz CT molecular complexity index is 942. The van der Waals surface area contributed by atoms with Gasteiger partial charge in [-0.05, 0) is 18.6 Å². The van der Waals surface area contributed by atoms with E-state index in [-0.39, 0.29) is 10.7 Å². The van der Waals surface area contributed by atoms with Gasteiger partial charge in [0.15, 0.2) is 11.8 Å². The molecule has 0 spiro atoms. The fourth-order valence-corrected chi connectivity index (χ4v) is 2.38. The molecule has 3 aromatic heterocycles. The van der Waals surface area contributed by atoms with E-state index in [4.69, 9.17) is 16.3 Å². The second-order valence-electron chi connectivity index (χ2n) is 4.91. The van der Waals surface area contributed by atoms with E-state index in [2.05, 4.69) is 25.4 Å². The van der Waals surface area contributed by atoms with Gasteiger partial charge in [-0.2, -0.15) is 10.1 Å². The number of nitrogens with one attached hydrogen (secondary N) is 1. The van der Waals surface area contributed by atoms with E-state index in [1.165, 1.54) is 23.2 Å². The van der Waals surface area contributed by atoms with Crippen molar-refractivity contribution in [2.45, 2.75) is 13.3 Å². The van der Waals surface area contributed by atoms with Crippen molar-refractivity contribution in [2.24, 2.45) is 0 Å². The molecule has 10 heteroatoms. The number of anilines is 1. The SMILES string of the molecule is CCc1c(C(=O)OCC(=O)Nc2cccnc2Cl)cnc2ncnn12. The maximum Gasteiger partial charge on any atom is 0.342 e. The molecule has 0 aliphatic heterocycles. The van der Waals surface area contributed by atoms with E-state index in [1.807, 2.05) is 6.92 Å². The Morgan fingerprint density at radius 3 is 2.92 bits per heavy atom. The fraction of sp³-hybridized carbons (Fsp3) is 0.200. The van der Waals surface area contributed by atoms with E-state index in [9.17, 15) is 9.59 Å². The van der Waals surface area contributed by atoms with Crippen molar-refractivity contribution in [3.8, 4) is 0 Å². The molecule has 0 fully saturated rings. The Balaban J connectivity index is 1.68. The molecular weight excluding hydrogens is 348 g/mol. The second-order valence-corrected chi connectivity index (χ2v) is 5.27. The van der Waals surface area contributed by atoms with Crippen LogP contribution < -0.4 is 5.32 Å². The highest BCUT2D eigenvalue weighted by Gasteiger charge is 2.18. The predicted octanol–water partition coefficient (Wildman–Crippen LogP) is 1.53. The van der Waals surface area contributed by atoms with Crippen molar-refractivity contribution >= 4 is 34.9 Å². The number of aryl methyl sites for hydroxylation is 1. The molecule has 128 valence electrons. The minimum absolute atomic E-state index is 0.149. The number of nitrogens with zero attached hydrogens (tertiary/aromatic N) is 5. The van der Waals surface area contributed by atoms with Gasteiger partial charge in [0, 0.05) is 12.4 Å². The van der Waals surface area contributed by atoms with Crippen LogP contribution >= 0.6 is 11.6 Å². The minimum Gasteiger partial charge on any atom is -0.452 e. The molecule has 0 radical (unpaired) electrons. The number of pyridine rings is 1. The van der Waals surface area contributed by atoms with Crippen LogP contribution in [0.15, 0.2) is 30.9 Å². The number of ether oxygens (including phenoxy) is 1. The van der Waals surface area contributed by atoms with Gasteiger partial charge in [0.1, 0.15) is 6.33 Å². The van der Waals surface area contributed by atoms with E-state index in [0.29, 0.717) is 23.6 Å². The van der Waals surface area contributed by atoms with Crippen molar-refractivity contribution < 1.29 is 14.3 Å². The van der Waals surface area contributed by atoms with Gasteiger partial charge >= 0.3 is 5.97 Å². The van der Waals surface area contributed by atoms with Crippen LogP contribution in [0.2, 0.25) is 5.15 Å². The first-order valence-corrected chi connectivity index (χ1v) is 7.73. The highest BCUT2D eigenvalue weighted by atomic mass is 35.5. The molecule has 0 saturated carbocycles. The summed E-state index contributed by atoms with van der Waals surface area (Å²) in [7, 11) is 0. The molecule has 9 nitrogen and oxygen atoms in total. The molecule has 0 bridgehead atoms. The van der Waals surface area contributed by atoms with Crippen LogP contribution in [0, 0.1) is 0 Å². The highest BCUT2D eigenvalue weighted by molar-refractivity contribution is 6.32. The van der Waals surface area contributed by atoms with Crippen LogP contribution in [0.3, 0.4) is 0 Å². The Hall–Kier alpha value is -3.07. The number of hydrogen-bond donors (Lipinski definition) is 1. The normalized spacial score (nSPS) is 10.6. The van der Waals surface area contributed by atoms with Crippen molar-refractivity contribution in [1.29, 1.82) is 0 Å². The summed E-state index contributed by atoms with van der Waals surface area (Å²) < 4.78 is 6.52. The van der Waals surface area contributed by atoms with Crippen molar-refractivity contribution in [2.75, 3.05) is 11.9 Å². The molecule has 0 aliphatic carbocycles. The smallest absolute Gasteiger partial charge is 0.342 e. The first-order chi connectivity index (χ1) is 12.1. The summed E-state index contributed by atoms with van der Waals surface area (Å²) in [6.45, 7) is 1.40. The van der Waals surface area contributed by atoms with Gasteiger partial charge in [-0.1, -0.05) is 18.5 Å². The summed E-state index contributed by atoms with van der Waals surface area (Å²) in [5.74, 6) is -0.817. The first-order valence-electron chi connectivity index (χ1n) is 7.35. The van der Waals surface area contributed by atoms with Gasteiger partial charge in [-0.3, -0.25) is 4.79 Å². The van der Waals surface area contributed by atoms with Gasteiger partial charge < -0.3 is 10.1 Å². The average Bonchev–Trinajstić information content (AvgIpc) is 3.09. The summed E-state index contributed by atoms with van der Waals surface area (Å²) in [4.78, 5) is 36.0. The summed E-state index contributed by atoms with van der Waals surface area (Å²) in [5.41, 5.74) is 1.17. The maximum absolute atomic E-state index is 12.3. The maximum atomic E-state index is 12.3. The van der Waals surface area contributed by atoms with Crippen molar-refractivity contribution in [1.82, 2.24) is 24.6 Å². The molecule has 0 atom stereocenters. The molecule has 0 aliphatic rings. The number of rotatable bonds is 5. The third-order valence-corrected chi connectivity index (χ3v) is 3.63. The largest absolute Gasteiger partial charge is 0.452 e. The zero-order valence-electron chi connectivity index (χ0n) is 13.1. The minimum atomic E-state index is -0.672. The number of aromatic nitrogens is 5. The third kappa shape index (κ3) is 3.56. The molecule has 0 aromatic carbocycles. The molecule has 3 heterocycles. The summed E-state index contributed by atoms with van der Waals surface area (Å²) in [6.07, 6.45) is 4.73. The molecular formula is C15H13ClN6O3. The Kier molecular flexibility index (Phi) is 4.85. The summed E-state index contributed by atoms with van der Waals surface area (Å²) in [5, 5.41) is 6.69. The lowest BCUT2D eigenvalue weighted by molar-refractivity contribution is -0.119. The molecule has 1 amide bonds. The molecule has 1 N–H and O–H groups in total. The van der Waals surface area contributed by atoms with Crippen LogP contribution in [0.25, 0.3) is 5.78 Å². The summed E-state index contributed by atoms with van der Waals surface area (Å²) in [6, 6.07) is 3.22. The molecule has 3 rings (SSSR count). The molecule has 0 saturated heterocycles. The number of fused-ring (bicyclic) bond motifs is 1. The quantitative estimate of drug-likeness (QED) is 0.542. The summed E-state index contributed by atoms with van der Waals surface area (Å²) >= 11 is 5.85. The van der Waals surface area contributed by atoms with Crippen LogP contribution in [0.1, 0.15) is 23.0 Å². The fourth-order valence-electron chi connectivity index (χ4n) is 2.21. The van der Waals surface area contributed by atoms with Crippen LogP contribution in [-0.4, -0.2) is 43.0 Å². The predicted molar refractivity (Wildman–Crippen MR) is 88.3 cm³/mol. The van der Waals surface area contributed by atoms with E-state index >= 15 is 0 Å². The second kappa shape index (κ2) is 7.22. The monoisotopic (exact) mass is 360 g/mol. The molecule has 25 heavy (non-hydrogen) atoms. The lowest BCUT2D eigenvalue weighted by Crippen LogP contribution is -2.22. The number of amides is 1. The lowest BCUT2D eigenvalue weighted by Gasteiger charge is -2.10. The van der Waals surface area contributed by atoms with Crippen LogP contribution in [-0.2, 0) is 16.0 Å². The number of esters is 1. The average molecular weight is 361 g/mol. The number of hydrogen-bond acceptors (Lipinski definition) is 7. The zero-order valence-corrected chi connectivity index (χ0v) is 13.9. The number of halogens is 1. The highest BCUT2D eigenvalue weighted by Crippen LogP contribution is 2.17. The Labute approximate surface area is 147 Å². The van der Waals surface area contributed by atoms with Gasteiger partial charge in [-0.25, -0.2) is 19.3 Å². The van der Waals surface area contributed by atoms with Crippen LogP contribution in [0.4, 0.5) is 5.69 Å². The van der Waals surface area contributed by atoms with Gasteiger partial charge in [0.2, 0.25) is 0 Å². The standard InChI is InChI=1S/C15H13ClN6O3/c1-2-11-9(6-18-15-19-8-20-22(11)15)14(24)25-7-12(23)21-10-4-3-5-17-13(10)16/h3-6,8H,2,7H2,1H3,(H,21,23). The van der Waals surface area contributed by atoms with Gasteiger partial charge in [0.25, 0.3) is 11.7 Å². The molecule has 0 unspecified atom stereocenters. The molecule has 3 aromatic rings. The Morgan fingerprint density at radius 2 is 2.16 bits per heavy atom. The van der Waals surface area contributed by atoms with Gasteiger partial charge in [-0.15, -0.1) is 0 Å². The van der Waals surface area contributed by atoms with E-state index in [0.717, 1.165) is 0 Å². The van der Waals surface area contributed by atoms with Gasteiger partial charge in [0.05, 0.1) is 16.9 Å². The first kappa shape index (κ1) is 16.8. The number of carbonyl (C=O) groups excluding carboxylic acids is 2. The zero-order chi connectivity index (χ0) is 17.8. The van der Waals surface area contributed by atoms with Crippen molar-refractivity contribution in [3.05, 3.63) is 47.3 Å².